The van der Waals surface area contributed by atoms with Gasteiger partial charge in [-0.2, -0.15) is 5.26 Å². The second-order valence-electron chi connectivity index (χ2n) is 4.58. The highest BCUT2D eigenvalue weighted by Crippen LogP contribution is 2.18. The predicted molar refractivity (Wildman–Crippen MR) is 80.1 cm³/mol. The Morgan fingerprint density at radius 1 is 1.21 bits per heavy atom. The van der Waals surface area contributed by atoms with Crippen molar-refractivity contribution in [2.45, 2.75) is 32.9 Å². The first-order valence-corrected chi connectivity index (χ1v) is 7.35. The van der Waals surface area contributed by atoms with Crippen LogP contribution in [0.3, 0.4) is 0 Å². The molecular formula is C16H18N2S. The molecule has 0 aliphatic heterocycles. The molecule has 1 aromatic carbocycles. The van der Waals surface area contributed by atoms with E-state index in [1.807, 2.05) is 12.1 Å². The molecule has 0 amide bonds. The normalized spacial score (nSPS) is 12.1. The highest BCUT2D eigenvalue weighted by Gasteiger charge is 2.06. The van der Waals surface area contributed by atoms with Crippen LogP contribution in [0.1, 0.15) is 40.8 Å². The van der Waals surface area contributed by atoms with Crippen molar-refractivity contribution in [1.29, 1.82) is 5.26 Å². The van der Waals surface area contributed by atoms with Gasteiger partial charge in [0.1, 0.15) is 10.9 Å². The van der Waals surface area contributed by atoms with Gasteiger partial charge in [0.15, 0.2) is 0 Å². The highest BCUT2D eigenvalue weighted by atomic mass is 32.1. The molecule has 98 valence electrons. The number of nitriles is 1. The summed E-state index contributed by atoms with van der Waals surface area (Å²) in [5.41, 5.74) is 2.67. The minimum atomic E-state index is 0.318. The molecule has 0 aliphatic rings. The lowest BCUT2D eigenvalue weighted by molar-refractivity contribution is 0.579. The van der Waals surface area contributed by atoms with E-state index in [9.17, 15) is 0 Å². The lowest BCUT2D eigenvalue weighted by Gasteiger charge is -2.14. The fourth-order valence-corrected chi connectivity index (χ4v) is 2.70. The fourth-order valence-electron chi connectivity index (χ4n) is 1.95. The molecule has 0 saturated heterocycles. The summed E-state index contributed by atoms with van der Waals surface area (Å²) in [5, 5.41) is 12.3. The van der Waals surface area contributed by atoms with E-state index in [1.54, 1.807) is 11.3 Å². The van der Waals surface area contributed by atoms with Crippen molar-refractivity contribution in [2.75, 3.05) is 0 Å². The molecule has 1 heterocycles. The molecule has 3 heteroatoms. The van der Waals surface area contributed by atoms with Crippen molar-refractivity contribution in [1.82, 2.24) is 5.32 Å². The highest BCUT2D eigenvalue weighted by molar-refractivity contribution is 7.12. The van der Waals surface area contributed by atoms with E-state index in [0.717, 1.165) is 17.8 Å². The number of thiophene rings is 1. The van der Waals surface area contributed by atoms with Crippen molar-refractivity contribution in [2.24, 2.45) is 0 Å². The van der Waals surface area contributed by atoms with Crippen molar-refractivity contribution < 1.29 is 0 Å². The molecule has 2 rings (SSSR count). The molecule has 1 unspecified atom stereocenters. The van der Waals surface area contributed by atoms with Gasteiger partial charge in [-0.3, -0.25) is 0 Å². The zero-order valence-corrected chi connectivity index (χ0v) is 12.1. The fraction of sp³-hybridized carbons (Fsp3) is 0.312. The molecule has 0 fully saturated rings. The monoisotopic (exact) mass is 270 g/mol. The molecule has 1 N–H and O–H groups in total. The topological polar surface area (TPSA) is 35.8 Å². The number of hydrogen-bond donors (Lipinski definition) is 1. The average molecular weight is 270 g/mol. The van der Waals surface area contributed by atoms with E-state index < -0.39 is 0 Å². The van der Waals surface area contributed by atoms with Gasteiger partial charge in [-0.05, 0) is 36.6 Å². The second-order valence-corrected chi connectivity index (χ2v) is 5.74. The maximum absolute atomic E-state index is 8.80. The summed E-state index contributed by atoms with van der Waals surface area (Å²) in [6.45, 7) is 5.14. The summed E-state index contributed by atoms with van der Waals surface area (Å²) in [7, 11) is 0. The van der Waals surface area contributed by atoms with Crippen molar-refractivity contribution in [3.63, 3.8) is 0 Å². The van der Waals surface area contributed by atoms with Gasteiger partial charge in [0.2, 0.25) is 0 Å². The molecule has 0 spiro atoms. The first-order valence-electron chi connectivity index (χ1n) is 6.54. The van der Waals surface area contributed by atoms with Gasteiger partial charge >= 0.3 is 0 Å². The number of aryl methyl sites for hydroxylation is 1. The quantitative estimate of drug-likeness (QED) is 0.890. The minimum Gasteiger partial charge on any atom is -0.305 e. The van der Waals surface area contributed by atoms with E-state index in [2.05, 4.69) is 49.5 Å². The second kappa shape index (κ2) is 6.51. The van der Waals surface area contributed by atoms with Gasteiger partial charge in [-0.25, -0.2) is 0 Å². The minimum absolute atomic E-state index is 0.318. The number of benzene rings is 1. The van der Waals surface area contributed by atoms with Gasteiger partial charge in [-0.15, -0.1) is 11.3 Å². The van der Waals surface area contributed by atoms with Crippen LogP contribution in [-0.2, 0) is 13.0 Å². The van der Waals surface area contributed by atoms with Crippen LogP contribution in [-0.4, -0.2) is 0 Å². The number of rotatable bonds is 5. The van der Waals surface area contributed by atoms with Crippen LogP contribution in [0.25, 0.3) is 0 Å². The van der Waals surface area contributed by atoms with Gasteiger partial charge in [-0.1, -0.05) is 31.2 Å². The summed E-state index contributed by atoms with van der Waals surface area (Å²) in [6.07, 6.45) is 1.08. The van der Waals surface area contributed by atoms with Crippen LogP contribution < -0.4 is 5.32 Å². The molecule has 19 heavy (non-hydrogen) atoms. The molecular weight excluding hydrogens is 252 g/mol. The SMILES string of the molecule is CCc1ccc(C(C)NCc2ccc(C#N)s2)cc1. The largest absolute Gasteiger partial charge is 0.305 e. The maximum Gasteiger partial charge on any atom is 0.110 e. The molecule has 1 aromatic heterocycles. The summed E-state index contributed by atoms with van der Waals surface area (Å²) >= 11 is 1.55. The van der Waals surface area contributed by atoms with Gasteiger partial charge in [0.25, 0.3) is 0 Å². The summed E-state index contributed by atoms with van der Waals surface area (Å²) in [6, 6.07) is 15.1. The van der Waals surface area contributed by atoms with Gasteiger partial charge < -0.3 is 5.32 Å². The van der Waals surface area contributed by atoms with E-state index in [0.29, 0.717) is 6.04 Å². The first-order chi connectivity index (χ1) is 9.22. The average Bonchev–Trinajstić information content (AvgIpc) is 2.93. The Labute approximate surface area is 118 Å². The van der Waals surface area contributed by atoms with Crippen molar-refractivity contribution >= 4 is 11.3 Å². The molecule has 0 bridgehead atoms. The molecule has 0 saturated carbocycles. The Morgan fingerprint density at radius 2 is 1.95 bits per heavy atom. The van der Waals surface area contributed by atoms with Crippen LogP contribution in [0.2, 0.25) is 0 Å². The Morgan fingerprint density at radius 3 is 2.53 bits per heavy atom. The smallest absolute Gasteiger partial charge is 0.110 e. The predicted octanol–water partition coefficient (Wildman–Crippen LogP) is 4.03. The van der Waals surface area contributed by atoms with E-state index in [4.69, 9.17) is 5.26 Å². The summed E-state index contributed by atoms with van der Waals surface area (Å²) in [5.74, 6) is 0. The molecule has 0 radical (unpaired) electrons. The van der Waals surface area contributed by atoms with Gasteiger partial charge in [0, 0.05) is 17.5 Å². The zero-order chi connectivity index (χ0) is 13.7. The molecule has 0 aliphatic carbocycles. The van der Waals surface area contributed by atoms with E-state index >= 15 is 0 Å². The van der Waals surface area contributed by atoms with E-state index in [-0.39, 0.29) is 0 Å². The third-order valence-corrected chi connectivity index (χ3v) is 4.23. The Balaban J connectivity index is 1.93. The maximum atomic E-state index is 8.80. The third-order valence-electron chi connectivity index (χ3n) is 3.24. The number of nitrogens with one attached hydrogen (secondary N) is 1. The molecule has 2 nitrogen and oxygen atoms in total. The van der Waals surface area contributed by atoms with Gasteiger partial charge in [0.05, 0.1) is 0 Å². The number of nitrogens with zero attached hydrogens (tertiary/aromatic N) is 1. The first kappa shape index (κ1) is 13.8. The van der Waals surface area contributed by atoms with Crippen LogP contribution in [0.15, 0.2) is 36.4 Å². The third kappa shape index (κ3) is 3.66. The summed E-state index contributed by atoms with van der Waals surface area (Å²) < 4.78 is 0. The Hall–Kier alpha value is -1.63. The molecule has 2 aromatic rings. The Kier molecular flexibility index (Phi) is 4.73. The standard InChI is InChI=1S/C16H18N2S/c1-3-13-4-6-14(7-5-13)12(2)18-11-16-9-8-15(10-17)19-16/h4-9,12,18H,3,11H2,1-2H3. The van der Waals surface area contributed by atoms with Crippen LogP contribution in [0, 0.1) is 11.3 Å². The number of hydrogen-bond acceptors (Lipinski definition) is 3. The zero-order valence-electron chi connectivity index (χ0n) is 11.3. The Bertz CT molecular complexity index is 563. The lowest BCUT2D eigenvalue weighted by atomic mass is 10.1. The van der Waals surface area contributed by atoms with Crippen LogP contribution >= 0.6 is 11.3 Å². The van der Waals surface area contributed by atoms with Crippen molar-refractivity contribution in [3.05, 3.63) is 57.3 Å². The van der Waals surface area contributed by atoms with Crippen molar-refractivity contribution in [3.8, 4) is 6.07 Å². The lowest BCUT2D eigenvalue weighted by Crippen LogP contribution is -2.17. The van der Waals surface area contributed by atoms with Crippen LogP contribution in [0.4, 0.5) is 0 Å². The van der Waals surface area contributed by atoms with Crippen LogP contribution in [0.5, 0.6) is 0 Å². The molecule has 1 atom stereocenters. The summed E-state index contributed by atoms with van der Waals surface area (Å²) in [4.78, 5) is 1.98. The van der Waals surface area contributed by atoms with E-state index in [1.165, 1.54) is 16.0 Å².